The van der Waals surface area contributed by atoms with E-state index in [2.05, 4.69) is 10.1 Å². The molecule has 2 aromatic rings. The van der Waals surface area contributed by atoms with Crippen molar-refractivity contribution in [1.82, 2.24) is 0 Å². The molecule has 122 valence electrons. The monoisotopic (exact) mass is 325 g/mol. The fourth-order valence-electron chi connectivity index (χ4n) is 1.86. The van der Waals surface area contributed by atoms with Gasteiger partial charge in [-0.2, -0.15) is 0 Å². The van der Waals surface area contributed by atoms with Crippen molar-refractivity contribution < 1.29 is 27.4 Å². The number of hydrogen-bond donors (Lipinski definition) is 1. The minimum absolute atomic E-state index is 0.0469. The minimum Gasteiger partial charge on any atom is -0.489 e. The Morgan fingerprint density at radius 2 is 1.83 bits per heavy atom. The molecule has 0 radical (unpaired) electrons. The van der Waals surface area contributed by atoms with E-state index in [1.165, 1.54) is 18.2 Å². The van der Waals surface area contributed by atoms with Gasteiger partial charge < -0.3 is 14.8 Å². The summed E-state index contributed by atoms with van der Waals surface area (Å²) in [5, 5.41) is 2.65. The third kappa shape index (κ3) is 4.15. The average Bonchev–Trinajstić information content (AvgIpc) is 2.54. The van der Waals surface area contributed by atoms with Crippen molar-refractivity contribution in [2.45, 2.75) is 0 Å². The molecule has 2 rings (SSSR count). The first-order valence-corrected chi connectivity index (χ1v) is 6.71. The lowest BCUT2D eigenvalue weighted by Crippen LogP contribution is -2.14. The predicted octanol–water partition coefficient (Wildman–Crippen LogP) is 3.38. The van der Waals surface area contributed by atoms with Gasteiger partial charge in [0.25, 0.3) is 0 Å². The number of methoxy groups -OCH3 is 1. The fourth-order valence-corrected chi connectivity index (χ4v) is 1.86. The highest BCUT2D eigenvalue weighted by atomic mass is 19.1. The predicted molar refractivity (Wildman–Crippen MR) is 78.1 cm³/mol. The van der Waals surface area contributed by atoms with Crippen LogP contribution in [0.5, 0.6) is 5.75 Å². The normalized spacial score (nSPS) is 10.3. The zero-order valence-corrected chi connectivity index (χ0v) is 12.2. The molecule has 23 heavy (non-hydrogen) atoms. The van der Waals surface area contributed by atoms with Crippen LogP contribution in [0.15, 0.2) is 36.4 Å². The second-order valence-electron chi connectivity index (χ2n) is 4.51. The Balaban J connectivity index is 1.98. The SMILES string of the molecule is COC(=O)c1cc(NCCOc2ccccc2F)c(F)cc1F. The number of halogens is 3. The molecule has 0 unspecified atom stereocenters. The number of ether oxygens (including phenoxy) is 2. The molecule has 0 saturated heterocycles. The molecule has 0 heterocycles. The molecule has 0 aliphatic carbocycles. The van der Waals surface area contributed by atoms with E-state index in [1.54, 1.807) is 6.07 Å². The molecule has 0 spiro atoms. The number of carbonyl (C=O) groups is 1. The number of rotatable bonds is 6. The molecule has 0 amide bonds. The largest absolute Gasteiger partial charge is 0.489 e. The first-order chi connectivity index (χ1) is 11.0. The van der Waals surface area contributed by atoms with Crippen LogP contribution < -0.4 is 10.1 Å². The quantitative estimate of drug-likeness (QED) is 0.653. The molecule has 4 nitrogen and oxygen atoms in total. The highest BCUT2D eigenvalue weighted by Gasteiger charge is 2.16. The van der Waals surface area contributed by atoms with Crippen LogP contribution in [-0.2, 0) is 4.74 Å². The molecule has 0 bridgehead atoms. The molecular formula is C16H14F3NO3. The van der Waals surface area contributed by atoms with E-state index in [0.29, 0.717) is 6.07 Å². The van der Waals surface area contributed by atoms with Crippen LogP contribution in [-0.4, -0.2) is 26.2 Å². The summed E-state index contributed by atoms with van der Waals surface area (Å²) in [4.78, 5) is 11.4. The first-order valence-electron chi connectivity index (χ1n) is 6.71. The van der Waals surface area contributed by atoms with E-state index in [1.807, 2.05) is 0 Å². The summed E-state index contributed by atoms with van der Waals surface area (Å²) < 4.78 is 50.1. The second-order valence-corrected chi connectivity index (χ2v) is 4.51. The van der Waals surface area contributed by atoms with E-state index < -0.39 is 23.4 Å². The smallest absolute Gasteiger partial charge is 0.340 e. The minimum atomic E-state index is -1.01. The van der Waals surface area contributed by atoms with Crippen LogP contribution in [0.4, 0.5) is 18.9 Å². The summed E-state index contributed by atoms with van der Waals surface area (Å²) >= 11 is 0. The van der Waals surface area contributed by atoms with E-state index in [4.69, 9.17) is 4.74 Å². The van der Waals surface area contributed by atoms with Gasteiger partial charge in [0.1, 0.15) is 18.2 Å². The first kappa shape index (κ1) is 16.7. The van der Waals surface area contributed by atoms with Crippen LogP contribution in [0.3, 0.4) is 0 Å². The maximum Gasteiger partial charge on any atom is 0.340 e. The molecule has 2 aromatic carbocycles. The van der Waals surface area contributed by atoms with Crippen molar-refractivity contribution >= 4 is 11.7 Å². The van der Waals surface area contributed by atoms with E-state index in [0.717, 1.165) is 13.2 Å². The summed E-state index contributed by atoms with van der Waals surface area (Å²) in [7, 11) is 1.10. The Kier molecular flexibility index (Phi) is 5.46. The Bertz CT molecular complexity index is 707. The Morgan fingerprint density at radius 1 is 1.09 bits per heavy atom. The highest BCUT2D eigenvalue weighted by Crippen LogP contribution is 2.20. The van der Waals surface area contributed by atoms with Crippen LogP contribution in [0.25, 0.3) is 0 Å². The number of para-hydroxylation sites is 1. The van der Waals surface area contributed by atoms with Gasteiger partial charge in [-0.25, -0.2) is 18.0 Å². The second kappa shape index (κ2) is 7.53. The summed E-state index contributed by atoms with van der Waals surface area (Å²) in [6, 6.07) is 7.47. The number of esters is 1. The van der Waals surface area contributed by atoms with E-state index in [-0.39, 0.29) is 30.2 Å². The van der Waals surface area contributed by atoms with E-state index in [9.17, 15) is 18.0 Å². The summed E-state index contributed by atoms with van der Waals surface area (Å²) in [6.07, 6.45) is 0. The van der Waals surface area contributed by atoms with Gasteiger partial charge in [0.2, 0.25) is 0 Å². The number of hydrogen-bond acceptors (Lipinski definition) is 4. The van der Waals surface area contributed by atoms with Crippen molar-refractivity contribution in [3.63, 3.8) is 0 Å². The molecule has 7 heteroatoms. The molecule has 0 fully saturated rings. The highest BCUT2D eigenvalue weighted by molar-refractivity contribution is 5.90. The standard InChI is InChI=1S/C16H14F3NO3/c1-22-16(21)10-8-14(13(19)9-12(10)18)20-6-7-23-15-5-3-2-4-11(15)17/h2-5,8-9,20H,6-7H2,1H3. The van der Waals surface area contributed by atoms with Gasteiger partial charge in [0.05, 0.1) is 18.4 Å². The van der Waals surface area contributed by atoms with Crippen molar-refractivity contribution in [3.05, 3.63) is 59.4 Å². The molecule has 0 saturated carbocycles. The fraction of sp³-hybridized carbons (Fsp3) is 0.188. The van der Waals surface area contributed by atoms with Crippen molar-refractivity contribution in [2.24, 2.45) is 0 Å². The lowest BCUT2D eigenvalue weighted by molar-refractivity contribution is 0.0595. The summed E-state index contributed by atoms with van der Waals surface area (Å²) in [5.41, 5.74) is -0.463. The number of nitrogens with one attached hydrogen (secondary N) is 1. The van der Waals surface area contributed by atoms with Crippen LogP contribution in [0.1, 0.15) is 10.4 Å². The number of benzene rings is 2. The van der Waals surface area contributed by atoms with Gasteiger partial charge in [0, 0.05) is 12.6 Å². The zero-order chi connectivity index (χ0) is 16.8. The Labute approximate surface area is 130 Å². The third-order valence-corrected chi connectivity index (χ3v) is 2.97. The molecule has 0 aliphatic heterocycles. The van der Waals surface area contributed by atoms with E-state index >= 15 is 0 Å². The van der Waals surface area contributed by atoms with Gasteiger partial charge in [0.15, 0.2) is 11.6 Å². The summed E-state index contributed by atoms with van der Waals surface area (Å²) in [5.74, 6) is -3.21. The van der Waals surface area contributed by atoms with Gasteiger partial charge in [-0.05, 0) is 18.2 Å². The molecule has 1 N–H and O–H groups in total. The molecule has 0 aliphatic rings. The lowest BCUT2D eigenvalue weighted by atomic mass is 10.2. The van der Waals surface area contributed by atoms with Gasteiger partial charge in [-0.15, -0.1) is 0 Å². The van der Waals surface area contributed by atoms with Crippen LogP contribution >= 0.6 is 0 Å². The lowest BCUT2D eigenvalue weighted by Gasteiger charge is -2.11. The van der Waals surface area contributed by atoms with Crippen molar-refractivity contribution in [3.8, 4) is 5.75 Å². The molecule has 0 aromatic heterocycles. The van der Waals surface area contributed by atoms with Gasteiger partial charge >= 0.3 is 5.97 Å². The Morgan fingerprint density at radius 3 is 2.52 bits per heavy atom. The number of anilines is 1. The number of carbonyl (C=O) groups excluding carboxylic acids is 1. The van der Waals surface area contributed by atoms with Gasteiger partial charge in [-0.1, -0.05) is 12.1 Å². The Hall–Kier alpha value is -2.70. The van der Waals surface area contributed by atoms with Crippen molar-refractivity contribution in [1.29, 1.82) is 0 Å². The maximum atomic E-state index is 13.7. The maximum absolute atomic E-state index is 13.7. The van der Waals surface area contributed by atoms with Gasteiger partial charge in [-0.3, -0.25) is 0 Å². The summed E-state index contributed by atoms with van der Waals surface area (Å²) in [6.45, 7) is 0.169. The topological polar surface area (TPSA) is 47.6 Å². The van der Waals surface area contributed by atoms with Crippen LogP contribution in [0.2, 0.25) is 0 Å². The third-order valence-electron chi connectivity index (χ3n) is 2.97. The molecular weight excluding hydrogens is 311 g/mol. The average molecular weight is 325 g/mol. The van der Waals surface area contributed by atoms with Crippen molar-refractivity contribution in [2.75, 3.05) is 25.6 Å². The van der Waals surface area contributed by atoms with Crippen LogP contribution in [0, 0.1) is 17.5 Å². The zero-order valence-electron chi connectivity index (χ0n) is 12.2. The molecule has 0 atom stereocenters.